The van der Waals surface area contributed by atoms with Crippen LogP contribution in [0.5, 0.6) is 0 Å². The second-order valence-corrected chi connectivity index (χ2v) is 9.64. The maximum absolute atomic E-state index is 12.4. The molecule has 0 radical (unpaired) electrons. The van der Waals surface area contributed by atoms with Gasteiger partial charge < -0.3 is 53.4 Å². The van der Waals surface area contributed by atoms with Crippen molar-refractivity contribution >= 4 is 18.2 Å². The summed E-state index contributed by atoms with van der Waals surface area (Å²) < 4.78 is 20.5. The molecule has 11 heteroatoms. The van der Waals surface area contributed by atoms with Crippen LogP contribution in [-0.2, 0) is 40.7 Å². The highest BCUT2D eigenvalue weighted by Crippen LogP contribution is 2.39. The number of benzene rings is 1. The fourth-order valence-electron chi connectivity index (χ4n) is 4.75. The number of aryl methyl sites for hydroxylation is 1. The number of aromatic nitrogens is 2. The van der Waals surface area contributed by atoms with Crippen LogP contribution in [0, 0.1) is 0 Å². The zero-order chi connectivity index (χ0) is 28.3. The summed E-state index contributed by atoms with van der Waals surface area (Å²) in [5.41, 5.74) is 4.20. The summed E-state index contributed by atoms with van der Waals surface area (Å²) in [6.07, 6.45) is 7.31. The zero-order valence-electron chi connectivity index (χ0n) is 23.4. The van der Waals surface area contributed by atoms with Crippen LogP contribution in [0.2, 0.25) is 0 Å². The molecule has 2 aromatic heterocycles. The summed E-state index contributed by atoms with van der Waals surface area (Å²) in [6, 6.07) is 12.8. The number of alkyl carbamates (subject to hydrolysis) is 2. The molecule has 1 unspecified atom stereocenters. The molecular weight excluding hydrogens is 639 g/mol. The largest absolute Gasteiger partial charge is 1.00 e. The first kappa shape index (κ1) is 31.9. The maximum atomic E-state index is 12.4. The molecule has 1 aliphatic rings. The van der Waals surface area contributed by atoms with E-state index in [0.29, 0.717) is 18.7 Å². The molecule has 3 aromatic rings. The first-order valence-electron chi connectivity index (χ1n) is 13.7. The average molecular weight is 677 g/mol. The van der Waals surface area contributed by atoms with E-state index >= 15 is 0 Å². The van der Waals surface area contributed by atoms with Gasteiger partial charge in [0.1, 0.15) is 13.2 Å². The molecule has 10 nitrogen and oxygen atoms in total. The highest BCUT2D eigenvalue weighted by molar-refractivity contribution is 5.89. The Bertz CT molecular complexity index is 1310. The quantitative estimate of drug-likeness (QED) is 0.130. The average Bonchev–Trinajstić information content (AvgIpc) is 3.55. The van der Waals surface area contributed by atoms with Crippen LogP contribution in [0.15, 0.2) is 61.1 Å². The van der Waals surface area contributed by atoms with Crippen molar-refractivity contribution in [2.45, 2.75) is 65.5 Å². The second-order valence-electron chi connectivity index (χ2n) is 9.64. The zero-order valence-corrected chi connectivity index (χ0v) is 25.6. The summed E-state index contributed by atoms with van der Waals surface area (Å²) in [6.45, 7) is 5.99. The Hall–Kier alpha value is -3.61. The molecule has 0 spiro atoms. The lowest BCUT2D eigenvalue weighted by Gasteiger charge is -2.14. The lowest BCUT2D eigenvalue weighted by atomic mass is 9.93. The number of ether oxygens (including phenoxy) is 3. The van der Waals surface area contributed by atoms with E-state index in [1.54, 1.807) is 24.3 Å². The van der Waals surface area contributed by atoms with E-state index in [0.717, 1.165) is 48.2 Å². The van der Waals surface area contributed by atoms with Crippen molar-refractivity contribution in [3.05, 3.63) is 89.0 Å². The van der Waals surface area contributed by atoms with Crippen LogP contribution in [0.25, 0.3) is 0 Å². The van der Waals surface area contributed by atoms with Gasteiger partial charge in [-0.3, -0.25) is 0 Å². The van der Waals surface area contributed by atoms with E-state index in [2.05, 4.69) is 15.2 Å². The third-order valence-corrected chi connectivity index (χ3v) is 6.69. The van der Waals surface area contributed by atoms with Gasteiger partial charge in [0.2, 0.25) is 0 Å². The van der Waals surface area contributed by atoms with Gasteiger partial charge in [0, 0.05) is 60.2 Å². The molecule has 41 heavy (non-hydrogen) atoms. The maximum Gasteiger partial charge on any atom is 0.407 e. The van der Waals surface area contributed by atoms with Gasteiger partial charge in [-0.25, -0.2) is 14.4 Å². The summed E-state index contributed by atoms with van der Waals surface area (Å²) in [5.74, 6) is -0.362. The molecule has 4 rings (SSSR count). The van der Waals surface area contributed by atoms with Crippen LogP contribution in [0.3, 0.4) is 0 Å². The molecule has 2 N–H and O–H groups in total. The van der Waals surface area contributed by atoms with Crippen LogP contribution in [0.4, 0.5) is 9.59 Å². The van der Waals surface area contributed by atoms with Gasteiger partial charge in [0.25, 0.3) is 6.73 Å². The molecule has 1 aromatic carbocycles. The summed E-state index contributed by atoms with van der Waals surface area (Å²) in [7, 11) is 0. The molecular formula is C30H37IN4O6. The van der Waals surface area contributed by atoms with Crippen molar-refractivity contribution < 1.29 is 57.1 Å². The normalized spacial score (nSPS) is 13.5. The standard InChI is InChI=1S/C30H36N4O6.HI/c1-3-13-31-29(36)38-19-24-18-34-16-12-25(27(34)26(24)20-39-30(37)32-14-4-2)23-11-8-15-33(17-23)21-40-28(35)22-9-6-5-7-10-22;/h5-11,15,17-18,25H,3-4,12-14,16,19-21H2,1-2H3,(H-,31,32,36,37);1H. The third kappa shape index (κ3) is 8.69. The highest BCUT2D eigenvalue weighted by Gasteiger charge is 2.32. The summed E-state index contributed by atoms with van der Waals surface area (Å²) in [4.78, 5) is 36.7. The Labute approximate surface area is 257 Å². The van der Waals surface area contributed by atoms with E-state index in [-0.39, 0.29) is 55.8 Å². The van der Waals surface area contributed by atoms with Gasteiger partial charge in [-0.1, -0.05) is 32.0 Å². The molecule has 0 fully saturated rings. The fraction of sp³-hybridized carbons (Fsp3) is 0.400. The minimum absolute atomic E-state index is 0. The van der Waals surface area contributed by atoms with Gasteiger partial charge in [-0.2, -0.15) is 4.57 Å². The first-order chi connectivity index (χ1) is 19.5. The number of rotatable bonds is 12. The van der Waals surface area contributed by atoms with E-state index < -0.39 is 12.2 Å². The molecule has 0 saturated heterocycles. The Balaban J connectivity index is 0.00000462. The van der Waals surface area contributed by atoms with Gasteiger partial charge in [-0.05, 0) is 37.5 Å². The summed E-state index contributed by atoms with van der Waals surface area (Å²) >= 11 is 0. The summed E-state index contributed by atoms with van der Waals surface area (Å²) in [5, 5.41) is 5.45. The number of nitrogens with zero attached hydrogens (tertiary/aromatic N) is 2. The number of carbonyl (C=O) groups excluding carboxylic acids is 3. The topological polar surface area (TPSA) is 112 Å². The van der Waals surface area contributed by atoms with Crippen molar-refractivity contribution in [2.75, 3.05) is 13.1 Å². The number of fused-ring (bicyclic) bond motifs is 1. The van der Waals surface area contributed by atoms with Crippen LogP contribution >= 0.6 is 0 Å². The number of hydrogen-bond donors (Lipinski definition) is 2. The molecule has 0 aliphatic carbocycles. The Morgan fingerprint density at radius 3 is 2.29 bits per heavy atom. The van der Waals surface area contributed by atoms with Crippen LogP contribution in [-0.4, -0.2) is 35.8 Å². The molecule has 3 heterocycles. The molecule has 0 saturated carbocycles. The van der Waals surface area contributed by atoms with Crippen LogP contribution < -0.4 is 39.2 Å². The predicted molar refractivity (Wildman–Crippen MR) is 146 cm³/mol. The van der Waals surface area contributed by atoms with Crippen LogP contribution in [0.1, 0.15) is 71.8 Å². The van der Waals surface area contributed by atoms with Gasteiger partial charge >= 0.3 is 18.2 Å². The Kier molecular flexibility index (Phi) is 12.4. The van der Waals surface area contributed by atoms with E-state index in [1.807, 2.05) is 55.2 Å². The number of esters is 1. The SMILES string of the molecule is CCCNC(=O)OCc1cn2c(c1COC(=O)NCCC)C(c1ccc[n+](COC(=O)c3ccccc3)c1)CC2.[I-]. The number of halogens is 1. The molecule has 0 bridgehead atoms. The van der Waals surface area contributed by atoms with E-state index in [9.17, 15) is 14.4 Å². The molecule has 2 amide bonds. The smallest absolute Gasteiger partial charge is 0.407 e. The van der Waals surface area contributed by atoms with Crippen molar-refractivity contribution in [1.82, 2.24) is 15.2 Å². The fourth-order valence-corrected chi connectivity index (χ4v) is 4.75. The number of amides is 2. The Morgan fingerprint density at radius 2 is 1.61 bits per heavy atom. The van der Waals surface area contributed by atoms with Gasteiger partial charge in [0.05, 0.1) is 5.56 Å². The van der Waals surface area contributed by atoms with Gasteiger partial charge in [-0.15, -0.1) is 0 Å². The first-order valence-corrected chi connectivity index (χ1v) is 13.7. The minimum Gasteiger partial charge on any atom is -1.00 e. The number of hydrogen-bond acceptors (Lipinski definition) is 6. The number of nitrogens with one attached hydrogen (secondary N) is 2. The second kappa shape index (κ2) is 16.0. The minimum atomic E-state index is -0.485. The highest BCUT2D eigenvalue weighted by atomic mass is 127. The predicted octanol–water partition coefficient (Wildman–Crippen LogP) is 1.40. The van der Waals surface area contributed by atoms with E-state index in [4.69, 9.17) is 14.2 Å². The van der Waals surface area contributed by atoms with E-state index in [1.165, 1.54) is 0 Å². The lowest BCUT2D eigenvalue weighted by molar-refractivity contribution is -0.727. The lowest BCUT2D eigenvalue weighted by Crippen LogP contribution is -3.00. The van der Waals surface area contributed by atoms with Crippen molar-refractivity contribution in [3.8, 4) is 0 Å². The van der Waals surface area contributed by atoms with Crippen molar-refractivity contribution in [3.63, 3.8) is 0 Å². The third-order valence-electron chi connectivity index (χ3n) is 6.69. The monoisotopic (exact) mass is 676 g/mol. The number of pyridine rings is 1. The Morgan fingerprint density at radius 1 is 0.927 bits per heavy atom. The molecule has 1 aliphatic heterocycles. The molecule has 220 valence electrons. The number of carbonyl (C=O) groups is 3. The van der Waals surface area contributed by atoms with Crippen molar-refractivity contribution in [1.29, 1.82) is 0 Å². The van der Waals surface area contributed by atoms with Crippen molar-refractivity contribution in [2.24, 2.45) is 0 Å². The van der Waals surface area contributed by atoms with Gasteiger partial charge in [0.15, 0.2) is 12.4 Å². The molecule has 1 atom stereocenters.